The van der Waals surface area contributed by atoms with Gasteiger partial charge in [-0.15, -0.1) is 10.2 Å². The lowest BCUT2D eigenvalue weighted by molar-refractivity contribution is 0.102. The molecule has 6 nitrogen and oxygen atoms in total. The summed E-state index contributed by atoms with van der Waals surface area (Å²) in [6.07, 6.45) is 3.65. The van der Waals surface area contributed by atoms with Gasteiger partial charge in [-0.25, -0.2) is 0 Å². The molecule has 1 fully saturated rings. The summed E-state index contributed by atoms with van der Waals surface area (Å²) < 4.78 is 5.20. The number of aromatic nitrogens is 2. The Morgan fingerprint density at radius 3 is 2.57 bits per heavy atom. The number of nitrogens with zero attached hydrogens (tertiary/aromatic N) is 3. The monoisotopic (exact) mass is 312 g/mol. The second-order valence-electron chi connectivity index (χ2n) is 5.48. The summed E-state index contributed by atoms with van der Waals surface area (Å²) in [6, 6.07) is 10.8. The number of carbonyl (C=O) groups excluding carboxylic acids is 1. The number of anilines is 2. The Morgan fingerprint density at radius 1 is 1.09 bits per heavy atom. The third-order valence-electron chi connectivity index (χ3n) is 3.92. The van der Waals surface area contributed by atoms with Crippen LogP contribution in [0.25, 0.3) is 0 Å². The summed E-state index contributed by atoms with van der Waals surface area (Å²) in [4.78, 5) is 14.5. The van der Waals surface area contributed by atoms with Gasteiger partial charge in [-0.2, -0.15) is 0 Å². The highest BCUT2D eigenvalue weighted by atomic mass is 16.5. The van der Waals surface area contributed by atoms with E-state index in [-0.39, 0.29) is 5.91 Å². The van der Waals surface area contributed by atoms with E-state index in [9.17, 15) is 4.79 Å². The van der Waals surface area contributed by atoms with Crippen molar-refractivity contribution in [1.82, 2.24) is 10.2 Å². The molecular weight excluding hydrogens is 292 g/mol. The van der Waals surface area contributed by atoms with Crippen molar-refractivity contribution in [2.75, 3.05) is 30.4 Å². The number of hydrogen-bond donors (Lipinski definition) is 1. The van der Waals surface area contributed by atoms with Crippen LogP contribution in [0.3, 0.4) is 0 Å². The topological polar surface area (TPSA) is 67.3 Å². The highest BCUT2D eigenvalue weighted by molar-refractivity contribution is 6.05. The first-order valence-corrected chi connectivity index (χ1v) is 7.81. The van der Waals surface area contributed by atoms with Gasteiger partial charge in [0.1, 0.15) is 5.75 Å². The number of carbonyl (C=O) groups is 1. The third-order valence-corrected chi connectivity index (χ3v) is 3.92. The molecule has 0 spiro atoms. The van der Waals surface area contributed by atoms with Crippen LogP contribution in [0.4, 0.5) is 11.6 Å². The van der Waals surface area contributed by atoms with Gasteiger partial charge in [-0.05, 0) is 43.5 Å². The summed E-state index contributed by atoms with van der Waals surface area (Å²) in [7, 11) is 1.54. The molecule has 1 saturated heterocycles. The van der Waals surface area contributed by atoms with Crippen molar-refractivity contribution < 1.29 is 9.53 Å². The fourth-order valence-corrected chi connectivity index (χ4v) is 2.70. The van der Waals surface area contributed by atoms with Crippen molar-refractivity contribution in [3.63, 3.8) is 0 Å². The zero-order chi connectivity index (χ0) is 16.1. The second-order valence-corrected chi connectivity index (χ2v) is 5.48. The van der Waals surface area contributed by atoms with E-state index >= 15 is 0 Å². The molecule has 2 aromatic rings. The van der Waals surface area contributed by atoms with E-state index in [2.05, 4.69) is 20.4 Å². The molecule has 1 aliphatic heterocycles. The van der Waals surface area contributed by atoms with E-state index < -0.39 is 0 Å². The maximum atomic E-state index is 12.3. The highest BCUT2D eigenvalue weighted by Crippen LogP contribution is 2.20. The molecule has 0 radical (unpaired) electrons. The Morgan fingerprint density at radius 2 is 1.87 bits per heavy atom. The molecule has 2 heterocycles. The van der Waals surface area contributed by atoms with Crippen LogP contribution in [-0.2, 0) is 0 Å². The molecule has 0 aliphatic carbocycles. The van der Waals surface area contributed by atoms with Gasteiger partial charge in [0.05, 0.1) is 12.7 Å². The van der Waals surface area contributed by atoms with E-state index in [1.165, 1.54) is 19.3 Å². The smallest absolute Gasteiger partial charge is 0.260 e. The van der Waals surface area contributed by atoms with E-state index in [1.54, 1.807) is 31.4 Å². The third kappa shape index (κ3) is 3.59. The predicted molar refractivity (Wildman–Crippen MR) is 89.0 cm³/mol. The van der Waals surface area contributed by atoms with Crippen molar-refractivity contribution >= 4 is 17.5 Å². The molecule has 1 aromatic heterocycles. The van der Waals surface area contributed by atoms with Crippen molar-refractivity contribution in [1.29, 1.82) is 0 Å². The van der Waals surface area contributed by atoms with Crippen molar-refractivity contribution in [2.45, 2.75) is 19.3 Å². The van der Waals surface area contributed by atoms with E-state index in [0.29, 0.717) is 17.1 Å². The normalized spacial score (nSPS) is 14.4. The lowest BCUT2D eigenvalue weighted by Crippen LogP contribution is -2.30. The first kappa shape index (κ1) is 15.3. The molecular formula is C17H20N4O2. The quantitative estimate of drug-likeness (QED) is 0.940. The molecule has 23 heavy (non-hydrogen) atoms. The largest absolute Gasteiger partial charge is 0.496 e. The number of nitrogens with one attached hydrogen (secondary N) is 1. The second kappa shape index (κ2) is 7.09. The number of para-hydroxylation sites is 1. The van der Waals surface area contributed by atoms with Gasteiger partial charge < -0.3 is 15.0 Å². The summed E-state index contributed by atoms with van der Waals surface area (Å²) in [5.41, 5.74) is 0.469. The van der Waals surface area contributed by atoms with Crippen LogP contribution < -0.4 is 15.0 Å². The summed E-state index contributed by atoms with van der Waals surface area (Å²) in [5.74, 6) is 1.56. The number of rotatable bonds is 4. The summed E-state index contributed by atoms with van der Waals surface area (Å²) in [5, 5.41) is 11.1. The Bertz CT molecular complexity index is 667. The summed E-state index contributed by atoms with van der Waals surface area (Å²) >= 11 is 0. The highest BCUT2D eigenvalue weighted by Gasteiger charge is 2.14. The number of benzene rings is 1. The fourth-order valence-electron chi connectivity index (χ4n) is 2.70. The Hall–Kier alpha value is -2.63. The van der Waals surface area contributed by atoms with Gasteiger partial charge >= 0.3 is 0 Å². The van der Waals surface area contributed by atoms with Crippen molar-refractivity contribution in [3.05, 3.63) is 42.0 Å². The Labute approximate surface area is 135 Å². The van der Waals surface area contributed by atoms with E-state index in [0.717, 1.165) is 18.9 Å². The van der Waals surface area contributed by atoms with Crippen LogP contribution in [0.1, 0.15) is 29.6 Å². The molecule has 1 aromatic carbocycles. The molecule has 3 rings (SSSR count). The fraction of sp³-hybridized carbons (Fsp3) is 0.353. The van der Waals surface area contributed by atoms with Crippen LogP contribution in [0.5, 0.6) is 5.75 Å². The molecule has 0 saturated carbocycles. The van der Waals surface area contributed by atoms with Crippen molar-refractivity contribution in [3.8, 4) is 5.75 Å². The molecule has 0 bridgehead atoms. The average Bonchev–Trinajstić information content (AvgIpc) is 2.63. The lowest BCUT2D eigenvalue weighted by atomic mass is 10.1. The number of ether oxygens (including phenoxy) is 1. The zero-order valence-electron chi connectivity index (χ0n) is 13.2. The Kier molecular flexibility index (Phi) is 4.71. The van der Waals surface area contributed by atoms with Crippen LogP contribution in [-0.4, -0.2) is 36.3 Å². The molecule has 6 heteroatoms. The maximum Gasteiger partial charge on any atom is 0.260 e. The van der Waals surface area contributed by atoms with Gasteiger partial charge in [0, 0.05) is 13.1 Å². The van der Waals surface area contributed by atoms with Gasteiger partial charge in [-0.3, -0.25) is 4.79 Å². The summed E-state index contributed by atoms with van der Waals surface area (Å²) in [6.45, 7) is 2.03. The van der Waals surface area contributed by atoms with Gasteiger partial charge in [0.15, 0.2) is 11.6 Å². The van der Waals surface area contributed by atoms with Gasteiger partial charge in [0.2, 0.25) is 0 Å². The van der Waals surface area contributed by atoms with Gasteiger partial charge in [0.25, 0.3) is 5.91 Å². The first-order chi connectivity index (χ1) is 11.3. The standard InChI is InChI=1S/C17H20N4O2/c1-23-14-8-4-3-7-13(14)17(22)18-15-9-10-16(20-19-15)21-11-5-2-6-12-21/h3-4,7-10H,2,5-6,11-12H2,1H3,(H,18,19,22). The number of piperidine rings is 1. The number of amides is 1. The van der Waals surface area contributed by atoms with Crippen LogP contribution in [0.15, 0.2) is 36.4 Å². The van der Waals surface area contributed by atoms with E-state index in [4.69, 9.17) is 4.74 Å². The average molecular weight is 312 g/mol. The minimum absolute atomic E-state index is 0.262. The minimum atomic E-state index is -0.262. The molecule has 1 amide bonds. The van der Waals surface area contributed by atoms with E-state index in [1.807, 2.05) is 12.1 Å². The Balaban J connectivity index is 1.69. The number of methoxy groups -OCH3 is 1. The minimum Gasteiger partial charge on any atom is -0.496 e. The maximum absolute atomic E-state index is 12.3. The molecule has 120 valence electrons. The van der Waals surface area contributed by atoms with Gasteiger partial charge in [-0.1, -0.05) is 12.1 Å². The lowest BCUT2D eigenvalue weighted by Gasteiger charge is -2.27. The SMILES string of the molecule is COc1ccccc1C(=O)Nc1ccc(N2CCCCC2)nn1. The zero-order valence-corrected chi connectivity index (χ0v) is 13.2. The molecule has 1 aliphatic rings. The predicted octanol–water partition coefficient (Wildman–Crippen LogP) is 2.73. The van der Waals surface area contributed by atoms with Crippen LogP contribution >= 0.6 is 0 Å². The van der Waals surface area contributed by atoms with Crippen molar-refractivity contribution in [2.24, 2.45) is 0 Å². The molecule has 0 unspecified atom stereocenters. The number of hydrogen-bond acceptors (Lipinski definition) is 5. The first-order valence-electron chi connectivity index (χ1n) is 7.81. The van der Waals surface area contributed by atoms with Crippen LogP contribution in [0, 0.1) is 0 Å². The molecule has 1 N–H and O–H groups in total. The van der Waals surface area contributed by atoms with Crippen LogP contribution in [0.2, 0.25) is 0 Å². The molecule has 0 atom stereocenters.